The van der Waals surface area contributed by atoms with Crippen LogP contribution in [0.1, 0.15) is 29.2 Å². The van der Waals surface area contributed by atoms with Gasteiger partial charge in [0.15, 0.2) is 0 Å². The van der Waals surface area contributed by atoms with E-state index >= 15 is 0 Å². The molecule has 1 amide bonds. The number of rotatable bonds is 4. The molecule has 3 rings (SSSR count). The Labute approximate surface area is 165 Å². The van der Waals surface area contributed by atoms with E-state index in [0.29, 0.717) is 0 Å². The minimum absolute atomic E-state index is 0.127. The van der Waals surface area contributed by atoms with Gasteiger partial charge < -0.3 is 0 Å². The van der Waals surface area contributed by atoms with Gasteiger partial charge in [-0.15, -0.1) is 0 Å². The van der Waals surface area contributed by atoms with Crippen molar-refractivity contribution in [1.82, 2.24) is 9.97 Å². The number of aryl methyl sites for hydroxylation is 3. The molecule has 1 aliphatic heterocycles. The van der Waals surface area contributed by atoms with Crippen LogP contribution in [0.5, 0.6) is 0 Å². The maximum absolute atomic E-state index is 12.4. The van der Waals surface area contributed by atoms with Crippen molar-refractivity contribution in [3.05, 3.63) is 53.1 Å². The van der Waals surface area contributed by atoms with Crippen molar-refractivity contribution in [2.45, 2.75) is 27.2 Å². The van der Waals surface area contributed by atoms with Gasteiger partial charge in [-0.25, -0.2) is 0 Å². The number of anilines is 1. The summed E-state index contributed by atoms with van der Waals surface area (Å²) in [6.07, 6.45) is 4.58. The van der Waals surface area contributed by atoms with E-state index < -0.39 is 12.3 Å². The van der Waals surface area contributed by atoms with Crippen LogP contribution in [0.2, 0.25) is 0 Å². The van der Waals surface area contributed by atoms with E-state index in [1.165, 1.54) is 22.3 Å². The van der Waals surface area contributed by atoms with Gasteiger partial charge in [-0.05, 0) is 0 Å². The third kappa shape index (κ3) is 4.93. The van der Waals surface area contributed by atoms with E-state index in [2.05, 4.69) is 47.5 Å². The summed E-state index contributed by atoms with van der Waals surface area (Å²) in [4.78, 5) is 21.4. The number of hydrogen-bond acceptors (Lipinski definition) is 5. The predicted octanol–water partition coefficient (Wildman–Crippen LogP) is 3.62. The van der Waals surface area contributed by atoms with Crippen LogP contribution in [0, 0.1) is 20.8 Å². The molecule has 26 heavy (non-hydrogen) atoms. The van der Waals surface area contributed by atoms with Crippen LogP contribution in [0.4, 0.5) is 5.69 Å². The Morgan fingerprint density at radius 3 is 2.54 bits per heavy atom. The van der Waals surface area contributed by atoms with Gasteiger partial charge in [0.2, 0.25) is 0 Å². The molecule has 4 nitrogen and oxygen atoms in total. The monoisotopic (exact) mass is 447 g/mol. The van der Waals surface area contributed by atoms with Gasteiger partial charge in [-0.2, -0.15) is 0 Å². The molecule has 0 atom stereocenters. The summed E-state index contributed by atoms with van der Waals surface area (Å²) in [5.41, 5.74) is 4.33. The van der Waals surface area contributed by atoms with Crippen molar-refractivity contribution in [1.29, 1.82) is 0 Å². The molecule has 1 aromatic heterocycles. The number of hydrogen-bond donors (Lipinski definition) is 1. The zero-order valence-electron chi connectivity index (χ0n) is 15.2. The van der Waals surface area contributed by atoms with Crippen LogP contribution >= 0.6 is 20.0 Å². The summed E-state index contributed by atoms with van der Waals surface area (Å²) in [6, 6.07) is 8.23. The second-order valence-corrected chi connectivity index (χ2v) is 17.7. The normalized spacial score (nSPS) is 15.3. The predicted molar refractivity (Wildman–Crippen MR) is 115 cm³/mol. The molecule has 1 fully saturated rings. The zero-order chi connectivity index (χ0) is 18.5. The molecule has 0 spiro atoms. The van der Waals surface area contributed by atoms with Crippen LogP contribution in [0.15, 0.2) is 30.3 Å². The van der Waals surface area contributed by atoms with E-state index in [1.807, 2.05) is 32.9 Å². The molecule has 0 saturated carbocycles. The first-order valence-corrected chi connectivity index (χ1v) is 15.9. The molecule has 1 saturated heterocycles. The number of carbonyl (C=O) groups excluding carboxylic acids is 1. The number of carbonyl (C=O) groups is 1. The number of aromatic nitrogens is 2. The zero-order valence-corrected chi connectivity index (χ0v) is 18.7. The first-order chi connectivity index (χ1) is 12.5. The number of nitrogens with one attached hydrogen (secondary N) is 1. The molecular formula is C19H22AsN3OS2. The fraction of sp³-hybridized carbons (Fsp3) is 0.316. The molecule has 1 aromatic carbocycles. The first-order valence-electron chi connectivity index (χ1n) is 8.50. The Bertz CT molecular complexity index is 836. The Morgan fingerprint density at radius 2 is 1.77 bits per heavy atom. The first kappa shape index (κ1) is 19.5. The Hall–Kier alpha value is -1.23. The summed E-state index contributed by atoms with van der Waals surface area (Å²) in [5, 5.41) is 3.06. The van der Waals surface area contributed by atoms with Crippen molar-refractivity contribution < 1.29 is 4.79 Å². The number of nitrogens with zero attached hydrogens (tertiary/aromatic N) is 2. The molecule has 136 valence electrons. The van der Waals surface area contributed by atoms with Crippen LogP contribution in [-0.2, 0) is 4.79 Å². The van der Waals surface area contributed by atoms with Gasteiger partial charge in [0.05, 0.1) is 0 Å². The molecule has 0 aliphatic carbocycles. The molecule has 2 heterocycles. The van der Waals surface area contributed by atoms with Gasteiger partial charge in [0.1, 0.15) is 0 Å². The number of benzene rings is 1. The summed E-state index contributed by atoms with van der Waals surface area (Å²) in [7, 11) is 4.19. The van der Waals surface area contributed by atoms with Crippen LogP contribution in [-0.4, -0.2) is 39.7 Å². The van der Waals surface area contributed by atoms with Crippen molar-refractivity contribution >= 4 is 54.4 Å². The summed E-state index contributed by atoms with van der Waals surface area (Å²) in [5.74, 6) is 2.35. The van der Waals surface area contributed by atoms with Crippen molar-refractivity contribution in [2.24, 2.45) is 0 Å². The molecule has 1 N–H and O–H groups in total. The molecule has 7 heteroatoms. The van der Waals surface area contributed by atoms with E-state index in [9.17, 15) is 4.79 Å². The number of amides is 1. The Balaban J connectivity index is 1.73. The number of para-hydroxylation sites is 1. The van der Waals surface area contributed by atoms with Gasteiger partial charge in [0, 0.05) is 0 Å². The van der Waals surface area contributed by atoms with Crippen LogP contribution < -0.4 is 9.67 Å². The average molecular weight is 447 g/mol. The molecule has 0 bridgehead atoms. The second kappa shape index (κ2) is 9.11. The van der Waals surface area contributed by atoms with Gasteiger partial charge in [-0.1, -0.05) is 0 Å². The van der Waals surface area contributed by atoms with Crippen molar-refractivity contribution in [3.8, 4) is 0 Å². The van der Waals surface area contributed by atoms with E-state index in [1.54, 1.807) is 12.2 Å². The minimum atomic E-state index is -1.19. The second-order valence-electron chi connectivity index (χ2n) is 5.98. The Morgan fingerprint density at radius 1 is 1.08 bits per heavy atom. The maximum atomic E-state index is 12.4. The van der Waals surface area contributed by atoms with Gasteiger partial charge in [0.25, 0.3) is 0 Å². The standard InChI is InChI=1S/C19H22AsN3OS2/c1-13-14(2)22-17(15(3)21-13)9-10-19(24)23-18-8-5-4-7-16(18)20-25-11-6-12-26-20/h4-5,7-10H,6,11-12H2,1-3H3,(H,23,24)/b10-9+. The Kier molecular flexibility index (Phi) is 6.85. The third-order valence-corrected chi connectivity index (χ3v) is 17.6. The fourth-order valence-electron chi connectivity index (χ4n) is 2.49. The van der Waals surface area contributed by atoms with Gasteiger partial charge in [-0.3, -0.25) is 0 Å². The van der Waals surface area contributed by atoms with Crippen molar-refractivity contribution in [2.75, 3.05) is 16.8 Å². The molecule has 1 aliphatic rings. The average Bonchev–Trinajstić information content (AvgIpc) is 2.65. The van der Waals surface area contributed by atoms with Crippen molar-refractivity contribution in [3.63, 3.8) is 0 Å². The quantitative estimate of drug-likeness (QED) is 0.573. The molecule has 2 aromatic rings. The van der Waals surface area contributed by atoms with E-state index in [-0.39, 0.29) is 5.91 Å². The van der Waals surface area contributed by atoms with E-state index in [0.717, 1.165) is 28.5 Å². The molecule has 0 unspecified atom stereocenters. The SMILES string of the molecule is Cc1nc(C)c(/C=C/C(=O)Nc2ccccc2[As]2SCCCS2)nc1C. The van der Waals surface area contributed by atoms with Gasteiger partial charge >= 0.3 is 166 Å². The van der Waals surface area contributed by atoms with Crippen LogP contribution in [0.25, 0.3) is 6.08 Å². The third-order valence-electron chi connectivity index (χ3n) is 3.97. The van der Waals surface area contributed by atoms with E-state index in [4.69, 9.17) is 0 Å². The summed E-state index contributed by atoms with van der Waals surface area (Å²) >= 11 is -1.19. The molecule has 0 radical (unpaired) electrons. The van der Waals surface area contributed by atoms with Crippen LogP contribution in [0.3, 0.4) is 0 Å². The molecular weight excluding hydrogens is 425 g/mol. The summed E-state index contributed by atoms with van der Waals surface area (Å²) in [6.45, 7) is 5.79. The fourth-order valence-corrected chi connectivity index (χ4v) is 16.1. The topological polar surface area (TPSA) is 54.9 Å². The summed E-state index contributed by atoms with van der Waals surface area (Å²) < 4.78 is 1.33.